The number of carbonyl (C=O) groups is 1. The predicted octanol–water partition coefficient (Wildman–Crippen LogP) is -1.01. The van der Waals surface area contributed by atoms with E-state index < -0.39 is 10.1 Å². The Morgan fingerprint density at radius 2 is 2.08 bits per heavy atom. The van der Waals surface area contributed by atoms with E-state index in [9.17, 15) is 13.2 Å². The molecule has 1 saturated heterocycles. The number of hydrogen-bond acceptors (Lipinski definition) is 4. The van der Waals surface area contributed by atoms with Crippen molar-refractivity contribution in [3.8, 4) is 0 Å². The lowest BCUT2D eigenvalue weighted by Crippen LogP contribution is -2.57. The normalized spacial score (nSPS) is 18.2. The summed E-state index contributed by atoms with van der Waals surface area (Å²) < 4.78 is 25.9. The molecule has 0 aromatic heterocycles. The summed E-state index contributed by atoms with van der Waals surface area (Å²) in [7, 11) is -1.88. The molecule has 0 bridgehead atoms. The summed E-state index contributed by atoms with van der Waals surface area (Å²) in [6.07, 6.45) is 0.613. The fraction of sp³-hybridized carbons (Fsp3) is 0.833. The number of amides is 2. The Bertz CT molecular complexity index is 294. The molecule has 7 heteroatoms. The largest absolute Gasteiger partial charge is 0.341 e. The van der Waals surface area contributed by atoms with E-state index >= 15 is 0 Å². The van der Waals surface area contributed by atoms with Gasteiger partial charge in [0.1, 0.15) is 6.10 Å². The maximum Gasteiger partial charge on any atom is 0.317 e. The zero-order valence-corrected chi connectivity index (χ0v) is 8.30. The summed E-state index contributed by atoms with van der Waals surface area (Å²) in [5, 5.41) is 2.43. The minimum atomic E-state index is -3.40. The number of urea groups is 1. The number of nitrogens with one attached hydrogen (secondary N) is 1. The van der Waals surface area contributed by atoms with Crippen LogP contribution in [-0.4, -0.2) is 51.8 Å². The Morgan fingerprint density at radius 1 is 1.54 bits per heavy atom. The smallest absolute Gasteiger partial charge is 0.317 e. The lowest BCUT2D eigenvalue weighted by molar-refractivity contribution is 0.0503. The average molecular weight is 208 g/mol. The van der Waals surface area contributed by atoms with E-state index in [1.807, 2.05) is 0 Å². The van der Waals surface area contributed by atoms with Crippen molar-refractivity contribution in [3.63, 3.8) is 0 Å². The molecule has 2 amide bonds. The van der Waals surface area contributed by atoms with E-state index in [1.54, 1.807) is 0 Å². The van der Waals surface area contributed by atoms with Crippen molar-refractivity contribution in [2.75, 3.05) is 26.4 Å². The van der Waals surface area contributed by atoms with E-state index in [2.05, 4.69) is 9.50 Å². The quantitative estimate of drug-likeness (QED) is 0.590. The second-order valence-corrected chi connectivity index (χ2v) is 4.48. The fourth-order valence-electron chi connectivity index (χ4n) is 1.07. The van der Waals surface area contributed by atoms with Gasteiger partial charge in [0.25, 0.3) is 10.1 Å². The molecule has 0 saturated carbocycles. The van der Waals surface area contributed by atoms with Crippen LogP contribution in [0.3, 0.4) is 0 Å². The van der Waals surface area contributed by atoms with Crippen LogP contribution in [0.5, 0.6) is 0 Å². The van der Waals surface area contributed by atoms with Gasteiger partial charge in [-0.25, -0.2) is 4.79 Å². The van der Waals surface area contributed by atoms with Crippen molar-refractivity contribution in [2.24, 2.45) is 0 Å². The van der Waals surface area contributed by atoms with Gasteiger partial charge in [0.15, 0.2) is 0 Å². The molecule has 1 aliphatic rings. The number of carbonyl (C=O) groups excluding carboxylic acids is 1. The van der Waals surface area contributed by atoms with Crippen LogP contribution >= 0.6 is 0 Å². The number of hydrogen-bond donors (Lipinski definition) is 1. The molecular weight excluding hydrogens is 196 g/mol. The van der Waals surface area contributed by atoms with E-state index in [4.69, 9.17) is 0 Å². The summed E-state index contributed by atoms with van der Waals surface area (Å²) in [6, 6.07) is -0.214. The molecule has 6 nitrogen and oxygen atoms in total. The number of likely N-dealkylation sites (tertiary alicyclic amines) is 1. The maximum atomic E-state index is 10.9. The topological polar surface area (TPSA) is 75.7 Å². The summed E-state index contributed by atoms with van der Waals surface area (Å²) >= 11 is 0. The third kappa shape index (κ3) is 2.85. The Morgan fingerprint density at radius 3 is 2.46 bits per heavy atom. The van der Waals surface area contributed by atoms with Gasteiger partial charge in [-0.3, -0.25) is 4.18 Å². The zero-order chi connectivity index (χ0) is 10.1. The van der Waals surface area contributed by atoms with Crippen molar-refractivity contribution in [3.05, 3.63) is 0 Å². The third-order valence-corrected chi connectivity index (χ3v) is 2.28. The highest BCUT2D eigenvalue weighted by atomic mass is 32.2. The summed E-state index contributed by atoms with van der Waals surface area (Å²) in [5.41, 5.74) is 0. The zero-order valence-electron chi connectivity index (χ0n) is 7.48. The molecule has 13 heavy (non-hydrogen) atoms. The van der Waals surface area contributed by atoms with Crippen molar-refractivity contribution in [2.45, 2.75) is 6.10 Å². The minimum Gasteiger partial charge on any atom is -0.341 e. The standard InChI is InChI=1S/C6H12N2O4S/c1-7-6(9)8-3-5(4-8)12-13(2,10)11/h5H,3-4H2,1-2H3,(H,7,9). The Kier molecular flexibility index (Phi) is 2.77. The molecule has 76 valence electrons. The molecule has 0 aromatic rings. The molecular formula is C6H12N2O4S. The summed E-state index contributed by atoms with van der Waals surface area (Å²) in [5.74, 6) is 0. The molecule has 1 heterocycles. The fourth-order valence-corrected chi connectivity index (χ4v) is 1.69. The van der Waals surface area contributed by atoms with E-state index in [1.165, 1.54) is 11.9 Å². The first-order valence-electron chi connectivity index (χ1n) is 3.77. The van der Waals surface area contributed by atoms with Crippen LogP contribution in [0.25, 0.3) is 0 Å². The van der Waals surface area contributed by atoms with E-state index in [0.29, 0.717) is 13.1 Å². The number of nitrogens with zero attached hydrogens (tertiary/aromatic N) is 1. The second kappa shape index (κ2) is 3.51. The van der Waals surface area contributed by atoms with Crippen LogP contribution in [0.2, 0.25) is 0 Å². The summed E-state index contributed by atoms with van der Waals surface area (Å²) in [4.78, 5) is 12.4. The molecule has 1 N–H and O–H groups in total. The van der Waals surface area contributed by atoms with Crippen LogP contribution in [-0.2, 0) is 14.3 Å². The molecule has 0 aliphatic carbocycles. The second-order valence-electron chi connectivity index (χ2n) is 2.88. The van der Waals surface area contributed by atoms with Gasteiger partial charge in [-0.1, -0.05) is 0 Å². The first-order chi connectivity index (χ1) is 5.92. The van der Waals surface area contributed by atoms with Crippen LogP contribution in [0.15, 0.2) is 0 Å². The van der Waals surface area contributed by atoms with Gasteiger partial charge in [0.05, 0.1) is 19.3 Å². The van der Waals surface area contributed by atoms with Crippen molar-refractivity contribution >= 4 is 16.1 Å². The molecule has 0 spiro atoms. The Labute approximate surface area is 77.0 Å². The molecule has 1 rings (SSSR count). The highest BCUT2D eigenvalue weighted by Gasteiger charge is 2.33. The van der Waals surface area contributed by atoms with E-state index in [-0.39, 0.29) is 12.1 Å². The van der Waals surface area contributed by atoms with Crippen molar-refractivity contribution in [1.29, 1.82) is 0 Å². The molecule has 0 atom stereocenters. The van der Waals surface area contributed by atoms with Crippen LogP contribution in [0.1, 0.15) is 0 Å². The monoisotopic (exact) mass is 208 g/mol. The average Bonchev–Trinajstić information content (AvgIpc) is 1.92. The lowest BCUT2D eigenvalue weighted by Gasteiger charge is -2.37. The Balaban J connectivity index is 2.30. The van der Waals surface area contributed by atoms with Gasteiger partial charge in [-0.2, -0.15) is 8.42 Å². The minimum absolute atomic E-state index is 0.214. The maximum absolute atomic E-state index is 10.9. The molecule has 0 unspecified atom stereocenters. The van der Waals surface area contributed by atoms with Crippen LogP contribution < -0.4 is 5.32 Å². The van der Waals surface area contributed by atoms with Crippen LogP contribution in [0.4, 0.5) is 4.79 Å². The third-order valence-electron chi connectivity index (χ3n) is 1.66. The first-order valence-corrected chi connectivity index (χ1v) is 5.59. The predicted molar refractivity (Wildman–Crippen MR) is 45.7 cm³/mol. The highest BCUT2D eigenvalue weighted by Crippen LogP contribution is 2.13. The molecule has 1 aliphatic heterocycles. The SMILES string of the molecule is CNC(=O)N1CC(OS(C)(=O)=O)C1. The molecule has 1 fully saturated rings. The van der Waals surface area contributed by atoms with Gasteiger partial charge in [0, 0.05) is 7.05 Å². The molecule has 0 aromatic carbocycles. The van der Waals surface area contributed by atoms with Gasteiger partial charge in [0.2, 0.25) is 0 Å². The van der Waals surface area contributed by atoms with Gasteiger partial charge >= 0.3 is 6.03 Å². The Hall–Kier alpha value is -0.820. The molecule has 0 radical (unpaired) electrons. The summed E-state index contributed by atoms with van der Waals surface area (Å²) in [6.45, 7) is 0.652. The van der Waals surface area contributed by atoms with Gasteiger partial charge < -0.3 is 10.2 Å². The highest BCUT2D eigenvalue weighted by molar-refractivity contribution is 7.86. The number of rotatable bonds is 2. The van der Waals surface area contributed by atoms with Gasteiger partial charge in [-0.15, -0.1) is 0 Å². The van der Waals surface area contributed by atoms with Crippen molar-refractivity contribution in [1.82, 2.24) is 10.2 Å². The van der Waals surface area contributed by atoms with Crippen molar-refractivity contribution < 1.29 is 17.4 Å². The first kappa shape index (κ1) is 10.3. The van der Waals surface area contributed by atoms with Crippen LogP contribution in [0, 0.1) is 0 Å². The van der Waals surface area contributed by atoms with Gasteiger partial charge in [-0.05, 0) is 0 Å². The lowest BCUT2D eigenvalue weighted by atomic mass is 10.2. The van der Waals surface area contributed by atoms with E-state index in [0.717, 1.165) is 6.26 Å².